The van der Waals surface area contributed by atoms with Crippen molar-refractivity contribution < 1.29 is 0 Å². The van der Waals surface area contributed by atoms with Crippen LogP contribution in [0.25, 0.3) is 0 Å². The molecule has 1 aliphatic rings. The van der Waals surface area contributed by atoms with Crippen molar-refractivity contribution in [3.8, 4) is 0 Å². The number of aliphatic imine (C=N–C) groups is 1. The second-order valence-electron chi connectivity index (χ2n) is 5.75. The minimum Gasteiger partial charge on any atom is -0.283 e. The van der Waals surface area contributed by atoms with E-state index in [0.717, 1.165) is 17.3 Å². The molecule has 0 radical (unpaired) electrons. The molecule has 112 valence electrons. The molecule has 23 heavy (non-hydrogen) atoms. The van der Waals surface area contributed by atoms with Gasteiger partial charge in [-0.25, -0.2) is 0 Å². The van der Waals surface area contributed by atoms with Crippen LogP contribution in [0.15, 0.2) is 83.9 Å². The Morgan fingerprint density at radius 2 is 1.48 bits per heavy atom. The summed E-state index contributed by atoms with van der Waals surface area (Å²) in [4.78, 5) is 4.90. The lowest BCUT2D eigenvalue weighted by molar-refractivity contribution is 0.804. The van der Waals surface area contributed by atoms with Crippen molar-refractivity contribution in [2.45, 2.75) is 5.92 Å². The Bertz CT molecular complexity index is 851. The standard InChI is InChI=1S/C21H16ClN/c22-17-12-10-15(11-13-17)20-14-23-21(16-6-2-1-3-7-16)19-9-5-4-8-18(19)20/h1-13,20H,14H2. The zero-order chi connectivity index (χ0) is 15.6. The normalized spacial score (nSPS) is 16.6. The summed E-state index contributed by atoms with van der Waals surface area (Å²) in [7, 11) is 0. The van der Waals surface area contributed by atoms with Crippen LogP contribution in [0.4, 0.5) is 0 Å². The summed E-state index contributed by atoms with van der Waals surface area (Å²) in [6, 6.07) is 27.1. The van der Waals surface area contributed by atoms with Gasteiger partial charge in [-0.05, 0) is 23.3 Å². The molecular weight excluding hydrogens is 302 g/mol. The molecule has 1 nitrogen and oxygen atoms in total. The SMILES string of the molecule is Clc1ccc(C2CN=C(c3ccccc3)c3ccccc32)cc1. The number of hydrogen-bond donors (Lipinski definition) is 0. The van der Waals surface area contributed by atoms with Crippen LogP contribution in [-0.4, -0.2) is 12.3 Å². The van der Waals surface area contributed by atoms with Crippen molar-refractivity contribution >= 4 is 17.3 Å². The molecule has 0 spiro atoms. The van der Waals surface area contributed by atoms with Crippen LogP contribution < -0.4 is 0 Å². The second kappa shape index (κ2) is 6.02. The van der Waals surface area contributed by atoms with Crippen molar-refractivity contribution in [2.75, 3.05) is 6.54 Å². The van der Waals surface area contributed by atoms with Crippen molar-refractivity contribution in [3.05, 3.63) is 106 Å². The van der Waals surface area contributed by atoms with Crippen molar-refractivity contribution in [1.82, 2.24) is 0 Å². The third kappa shape index (κ3) is 2.69. The monoisotopic (exact) mass is 317 g/mol. The predicted octanol–water partition coefficient (Wildman–Crippen LogP) is 5.32. The Hall–Kier alpha value is -2.38. The van der Waals surface area contributed by atoms with Gasteiger partial charge in [0.25, 0.3) is 0 Å². The highest BCUT2D eigenvalue weighted by Gasteiger charge is 2.24. The first-order chi connectivity index (χ1) is 11.3. The lowest BCUT2D eigenvalue weighted by Gasteiger charge is -2.25. The number of nitrogens with zero attached hydrogens (tertiary/aromatic N) is 1. The van der Waals surface area contributed by atoms with Crippen LogP contribution in [-0.2, 0) is 0 Å². The average molecular weight is 318 g/mol. The predicted molar refractivity (Wildman–Crippen MR) is 96.7 cm³/mol. The molecule has 1 heterocycles. The maximum absolute atomic E-state index is 6.03. The molecule has 1 unspecified atom stereocenters. The van der Waals surface area contributed by atoms with Gasteiger partial charge in [-0.15, -0.1) is 0 Å². The smallest absolute Gasteiger partial charge is 0.0722 e. The van der Waals surface area contributed by atoms with Gasteiger partial charge in [0.2, 0.25) is 0 Å². The maximum atomic E-state index is 6.03. The second-order valence-corrected chi connectivity index (χ2v) is 6.18. The number of rotatable bonds is 2. The molecule has 0 aromatic heterocycles. The minimum absolute atomic E-state index is 0.288. The van der Waals surface area contributed by atoms with E-state index in [0.29, 0.717) is 0 Å². The summed E-state index contributed by atoms with van der Waals surface area (Å²) in [5.41, 5.74) is 6.09. The van der Waals surface area contributed by atoms with Gasteiger partial charge < -0.3 is 0 Å². The molecule has 0 N–H and O–H groups in total. The highest BCUT2D eigenvalue weighted by Crippen LogP contribution is 2.33. The quantitative estimate of drug-likeness (QED) is 0.606. The van der Waals surface area contributed by atoms with Gasteiger partial charge in [0.15, 0.2) is 0 Å². The molecule has 1 aliphatic heterocycles. The Labute approximate surface area is 141 Å². The first-order valence-electron chi connectivity index (χ1n) is 7.77. The average Bonchev–Trinajstić information content (AvgIpc) is 2.62. The Kier molecular flexibility index (Phi) is 3.72. The summed E-state index contributed by atoms with van der Waals surface area (Å²) in [6.07, 6.45) is 0. The molecule has 0 aliphatic carbocycles. The molecule has 0 bridgehead atoms. The lowest BCUT2D eigenvalue weighted by atomic mass is 9.83. The number of fused-ring (bicyclic) bond motifs is 1. The molecule has 2 heteroatoms. The van der Waals surface area contributed by atoms with Crippen LogP contribution in [0.2, 0.25) is 5.02 Å². The highest BCUT2D eigenvalue weighted by molar-refractivity contribution is 6.30. The summed E-state index contributed by atoms with van der Waals surface area (Å²) < 4.78 is 0. The van der Waals surface area contributed by atoms with Crippen molar-refractivity contribution in [1.29, 1.82) is 0 Å². The van der Waals surface area contributed by atoms with Gasteiger partial charge >= 0.3 is 0 Å². The van der Waals surface area contributed by atoms with Crippen LogP contribution in [0.5, 0.6) is 0 Å². The Balaban J connectivity index is 1.81. The Morgan fingerprint density at radius 1 is 0.783 bits per heavy atom. The first kappa shape index (κ1) is 14.2. The van der Waals surface area contributed by atoms with Crippen LogP contribution in [0, 0.1) is 0 Å². The topological polar surface area (TPSA) is 12.4 Å². The maximum Gasteiger partial charge on any atom is 0.0722 e. The molecule has 1 atom stereocenters. The van der Waals surface area contributed by atoms with E-state index >= 15 is 0 Å². The van der Waals surface area contributed by atoms with Crippen LogP contribution in [0.3, 0.4) is 0 Å². The largest absolute Gasteiger partial charge is 0.283 e. The van der Waals surface area contributed by atoms with E-state index in [2.05, 4.69) is 60.7 Å². The summed E-state index contributed by atoms with van der Waals surface area (Å²) in [5.74, 6) is 0.288. The number of benzene rings is 3. The zero-order valence-electron chi connectivity index (χ0n) is 12.6. The fraction of sp³-hybridized carbons (Fsp3) is 0.0952. The van der Waals surface area contributed by atoms with E-state index in [-0.39, 0.29) is 5.92 Å². The van der Waals surface area contributed by atoms with Gasteiger partial charge in [-0.3, -0.25) is 4.99 Å². The number of halogens is 1. The van der Waals surface area contributed by atoms with Gasteiger partial charge in [0.05, 0.1) is 12.3 Å². The van der Waals surface area contributed by atoms with Gasteiger partial charge in [-0.2, -0.15) is 0 Å². The first-order valence-corrected chi connectivity index (χ1v) is 8.15. The van der Waals surface area contributed by atoms with Crippen molar-refractivity contribution in [3.63, 3.8) is 0 Å². The lowest BCUT2D eigenvalue weighted by Crippen LogP contribution is -2.19. The highest BCUT2D eigenvalue weighted by atomic mass is 35.5. The zero-order valence-corrected chi connectivity index (χ0v) is 13.4. The molecule has 0 saturated carbocycles. The Morgan fingerprint density at radius 3 is 2.26 bits per heavy atom. The van der Waals surface area contributed by atoms with Gasteiger partial charge in [0.1, 0.15) is 0 Å². The molecule has 0 fully saturated rings. The van der Waals surface area contributed by atoms with E-state index in [1.165, 1.54) is 22.3 Å². The van der Waals surface area contributed by atoms with E-state index < -0.39 is 0 Å². The fourth-order valence-corrected chi connectivity index (χ4v) is 3.33. The number of hydrogen-bond acceptors (Lipinski definition) is 1. The van der Waals surface area contributed by atoms with E-state index in [1.54, 1.807) is 0 Å². The molecular formula is C21H16ClN. The van der Waals surface area contributed by atoms with Crippen LogP contribution in [0.1, 0.15) is 28.2 Å². The van der Waals surface area contributed by atoms with Crippen molar-refractivity contribution in [2.24, 2.45) is 4.99 Å². The molecule has 0 saturated heterocycles. The fourth-order valence-electron chi connectivity index (χ4n) is 3.21. The molecule has 4 rings (SSSR count). The molecule has 3 aromatic carbocycles. The van der Waals surface area contributed by atoms with E-state index in [9.17, 15) is 0 Å². The summed E-state index contributed by atoms with van der Waals surface area (Å²) in [6.45, 7) is 0.767. The third-order valence-corrected chi connectivity index (χ3v) is 4.59. The third-order valence-electron chi connectivity index (χ3n) is 4.34. The molecule has 0 amide bonds. The summed E-state index contributed by atoms with van der Waals surface area (Å²) >= 11 is 6.03. The van der Waals surface area contributed by atoms with E-state index in [1.807, 2.05) is 18.2 Å². The van der Waals surface area contributed by atoms with Crippen LogP contribution >= 0.6 is 11.6 Å². The minimum atomic E-state index is 0.288. The summed E-state index contributed by atoms with van der Waals surface area (Å²) in [5, 5.41) is 0.770. The molecule has 3 aromatic rings. The van der Waals surface area contributed by atoms with Gasteiger partial charge in [0, 0.05) is 22.1 Å². The van der Waals surface area contributed by atoms with E-state index in [4.69, 9.17) is 16.6 Å². The van der Waals surface area contributed by atoms with Gasteiger partial charge in [-0.1, -0.05) is 78.3 Å².